The fraction of sp³-hybridized carbons (Fsp3) is 0.154. The summed E-state index contributed by atoms with van der Waals surface area (Å²) in [4.78, 5) is 11.2. The molecule has 1 aromatic heterocycles. The van der Waals surface area contributed by atoms with Crippen molar-refractivity contribution in [3.8, 4) is 6.07 Å². The number of allylic oxidation sites excluding steroid dienone is 1. The van der Waals surface area contributed by atoms with Gasteiger partial charge < -0.3 is 10.6 Å². The lowest BCUT2D eigenvalue weighted by molar-refractivity contribution is -0.114. The Morgan fingerprint density at radius 1 is 1.43 bits per heavy atom. The number of rotatable bonds is 4. The van der Waals surface area contributed by atoms with Gasteiger partial charge >= 0.3 is 0 Å². The molecule has 1 amide bonds. The van der Waals surface area contributed by atoms with Crippen molar-refractivity contribution in [3.63, 3.8) is 0 Å². The van der Waals surface area contributed by atoms with Crippen LogP contribution in [0.5, 0.6) is 0 Å². The third-order valence-electron chi connectivity index (χ3n) is 2.56. The lowest BCUT2D eigenvalue weighted by atomic mass is 10.2. The fourth-order valence-corrected chi connectivity index (χ4v) is 1.65. The zero-order valence-electron chi connectivity index (χ0n) is 11.5. The van der Waals surface area contributed by atoms with E-state index in [-0.39, 0.29) is 17.3 Å². The average Bonchev–Trinajstić information content (AvgIpc) is 2.96. The van der Waals surface area contributed by atoms with Crippen molar-refractivity contribution in [2.45, 2.75) is 13.8 Å². The first kappa shape index (κ1) is 14.2. The predicted molar refractivity (Wildman–Crippen MR) is 76.9 cm³/mol. The summed E-state index contributed by atoms with van der Waals surface area (Å²) < 4.78 is 0. The second kappa shape index (κ2) is 6.29. The highest BCUT2D eigenvalue weighted by Crippen LogP contribution is 2.23. The largest absolute Gasteiger partial charge is 0.359 e. The summed E-state index contributed by atoms with van der Waals surface area (Å²) in [7, 11) is 0. The summed E-state index contributed by atoms with van der Waals surface area (Å²) >= 11 is 0. The SMILES string of the molecule is CC(=O)Nc1ccc(C)cc1NC=C(C#N)c1nn[nH]n1. The maximum Gasteiger partial charge on any atom is 0.221 e. The van der Waals surface area contributed by atoms with Crippen molar-refractivity contribution in [2.75, 3.05) is 10.6 Å². The van der Waals surface area contributed by atoms with Gasteiger partial charge in [0.1, 0.15) is 11.6 Å². The zero-order chi connectivity index (χ0) is 15.2. The Morgan fingerprint density at radius 2 is 2.24 bits per heavy atom. The summed E-state index contributed by atoms with van der Waals surface area (Å²) in [6.45, 7) is 3.36. The molecule has 0 aliphatic heterocycles. The number of aryl methyl sites for hydroxylation is 1. The van der Waals surface area contributed by atoms with Crippen LogP contribution in [0.15, 0.2) is 24.4 Å². The van der Waals surface area contributed by atoms with Crippen LogP contribution in [0.4, 0.5) is 11.4 Å². The van der Waals surface area contributed by atoms with Crippen LogP contribution in [0.2, 0.25) is 0 Å². The number of nitrogens with zero attached hydrogens (tertiary/aromatic N) is 4. The molecule has 2 aromatic rings. The minimum atomic E-state index is -0.176. The molecule has 0 fully saturated rings. The number of nitriles is 1. The minimum Gasteiger partial charge on any atom is -0.359 e. The van der Waals surface area contributed by atoms with Crippen LogP contribution in [-0.2, 0) is 4.79 Å². The number of hydrogen-bond donors (Lipinski definition) is 3. The number of carbonyl (C=O) groups excluding carboxylic acids is 1. The third kappa shape index (κ3) is 3.63. The number of hydrogen-bond acceptors (Lipinski definition) is 6. The normalized spacial score (nSPS) is 10.8. The molecule has 106 valence electrons. The van der Waals surface area contributed by atoms with Crippen molar-refractivity contribution in [1.82, 2.24) is 20.6 Å². The van der Waals surface area contributed by atoms with Gasteiger partial charge in [-0.05, 0) is 29.8 Å². The van der Waals surface area contributed by atoms with Gasteiger partial charge in [0, 0.05) is 13.1 Å². The number of carbonyl (C=O) groups is 1. The molecule has 0 saturated heterocycles. The maximum absolute atomic E-state index is 11.2. The van der Waals surface area contributed by atoms with E-state index in [1.165, 1.54) is 13.1 Å². The van der Waals surface area contributed by atoms with Gasteiger partial charge in [-0.1, -0.05) is 6.07 Å². The van der Waals surface area contributed by atoms with Crippen molar-refractivity contribution < 1.29 is 4.79 Å². The van der Waals surface area contributed by atoms with Crippen LogP contribution in [-0.4, -0.2) is 26.5 Å². The van der Waals surface area contributed by atoms with Gasteiger partial charge in [0.05, 0.1) is 11.4 Å². The average molecular weight is 283 g/mol. The topological polar surface area (TPSA) is 119 Å². The molecule has 0 aliphatic carbocycles. The molecule has 0 radical (unpaired) electrons. The molecule has 0 spiro atoms. The molecule has 3 N–H and O–H groups in total. The Labute approximate surface area is 120 Å². The Balaban J connectivity index is 2.28. The van der Waals surface area contributed by atoms with Gasteiger partial charge in [0.2, 0.25) is 11.7 Å². The first-order valence-electron chi connectivity index (χ1n) is 6.09. The van der Waals surface area contributed by atoms with E-state index in [2.05, 4.69) is 31.3 Å². The smallest absolute Gasteiger partial charge is 0.221 e. The Kier molecular flexibility index (Phi) is 4.26. The standard InChI is InChI=1S/C13H13N7O/c1-8-3-4-11(16-9(2)21)12(5-8)15-7-10(6-14)13-17-19-20-18-13/h3-5,7,15H,1-2H3,(H,16,21)(H,17,18,19,20). The number of aromatic amines is 1. The molecule has 1 heterocycles. The molecule has 0 bridgehead atoms. The van der Waals surface area contributed by atoms with Gasteiger partial charge in [-0.15, -0.1) is 10.2 Å². The van der Waals surface area contributed by atoms with E-state index in [4.69, 9.17) is 5.26 Å². The fourth-order valence-electron chi connectivity index (χ4n) is 1.65. The molecule has 1 aromatic carbocycles. The van der Waals surface area contributed by atoms with E-state index < -0.39 is 0 Å². The summed E-state index contributed by atoms with van der Waals surface area (Å²) in [6, 6.07) is 7.49. The number of H-pyrrole nitrogens is 1. The monoisotopic (exact) mass is 283 g/mol. The lowest BCUT2D eigenvalue weighted by Crippen LogP contribution is -2.08. The number of tetrazole rings is 1. The molecule has 21 heavy (non-hydrogen) atoms. The Bertz CT molecular complexity index is 713. The summed E-state index contributed by atoms with van der Waals surface area (Å²) in [5.74, 6) is 0.0169. The van der Waals surface area contributed by atoms with E-state index in [1.54, 1.807) is 6.07 Å². The number of benzene rings is 1. The predicted octanol–water partition coefficient (Wildman–Crippen LogP) is 1.44. The molecular weight excluding hydrogens is 270 g/mol. The highest BCUT2D eigenvalue weighted by Gasteiger charge is 2.07. The highest BCUT2D eigenvalue weighted by atomic mass is 16.1. The van der Waals surface area contributed by atoms with Crippen LogP contribution in [0.25, 0.3) is 5.57 Å². The van der Waals surface area contributed by atoms with Crippen LogP contribution in [0, 0.1) is 18.3 Å². The summed E-state index contributed by atoms with van der Waals surface area (Å²) in [5.41, 5.74) is 2.52. The van der Waals surface area contributed by atoms with Crippen molar-refractivity contribution in [3.05, 3.63) is 35.8 Å². The van der Waals surface area contributed by atoms with Crippen molar-refractivity contribution >= 4 is 22.9 Å². The first-order valence-corrected chi connectivity index (χ1v) is 6.09. The Hall–Kier alpha value is -3.21. The molecule has 0 unspecified atom stereocenters. The van der Waals surface area contributed by atoms with E-state index >= 15 is 0 Å². The highest BCUT2D eigenvalue weighted by molar-refractivity contribution is 5.93. The third-order valence-corrected chi connectivity index (χ3v) is 2.56. The Morgan fingerprint density at radius 3 is 2.86 bits per heavy atom. The quantitative estimate of drug-likeness (QED) is 0.730. The van der Waals surface area contributed by atoms with Crippen LogP contribution < -0.4 is 10.6 Å². The number of anilines is 2. The van der Waals surface area contributed by atoms with Crippen molar-refractivity contribution in [2.24, 2.45) is 0 Å². The van der Waals surface area contributed by atoms with E-state index in [0.29, 0.717) is 11.4 Å². The molecule has 8 nitrogen and oxygen atoms in total. The summed E-state index contributed by atoms with van der Waals surface area (Å²) in [5, 5.41) is 28.0. The molecule has 2 rings (SSSR count). The lowest BCUT2D eigenvalue weighted by Gasteiger charge is -2.10. The van der Waals surface area contributed by atoms with Crippen LogP contribution in [0.3, 0.4) is 0 Å². The van der Waals surface area contributed by atoms with Gasteiger partial charge in [-0.25, -0.2) is 0 Å². The van der Waals surface area contributed by atoms with Crippen LogP contribution >= 0.6 is 0 Å². The molecular formula is C13H13N7O. The van der Waals surface area contributed by atoms with Gasteiger partial charge in [-0.2, -0.15) is 10.5 Å². The first-order chi connectivity index (χ1) is 10.1. The molecule has 0 saturated carbocycles. The number of nitrogens with one attached hydrogen (secondary N) is 3. The van der Waals surface area contributed by atoms with Gasteiger partial charge in [-0.3, -0.25) is 4.79 Å². The van der Waals surface area contributed by atoms with Crippen molar-refractivity contribution in [1.29, 1.82) is 5.26 Å². The number of aromatic nitrogens is 4. The van der Waals surface area contributed by atoms with E-state index in [1.807, 2.05) is 25.1 Å². The van der Waals surface area contributed by atoms with Crippen LogP contribution in [0.1, 0.15) is 18.3 Å². The molecule has 8 heteroatoms. The second-order valence-electron chi connectivity index (χ2n) is 4.28. The zero-order valence-corrected chi connectivity index (χ0v) is 11.5. The maximum atomic E-state index is 11.2. The van der Waals surface area contributed by atoms with E-state index in [0.717, 1.165) is 5.56 Å². The molecule has 0 atom stereocenters. The van der Waals surface area contributed by atoms with E-state index in [9.17, 15) is 4.79 Å². The molecule has 0 aliphatic rings. The number of amides is 1. The van der Waals surface area contributed by atoms with Gasteiger partial charge in [0.25, 0.3) is 0 Å². The second-order valence-corrected chi connectivity index (χ2v) is 4.28. The van der Waals surface area contributed by atoms with Gasteiger partial charge in [0.15, 0.2) is 0 Å². The summed E-state index contributed by atoms with van der Waals surface area (Å²) in [6.07, 6.45) is 1.46. The minimum absolute atomic E-state index is 0.176.